The number of piperidine rings is 1. The van der Waals surface area contributed by atoms with Crippen molar-refractivity contribution in [2.24, 2.45) is 0 Å². The van der Waals surface area contributed by atoms with Gasteiger partial charge in [0, 0.05) is 38.3 Å². The third-order valence-corrected chi connectivity index (χ3v) is 5.72. The summed E-state index contributed by atoms with van der Waals surface area (Å²) >= 11 is 0. The average Bonchev–Trinajstić information content (AvgIpc) is 2.97. The van der Waals surface area contributed by atoms with Gasteiger partial charge in [-0.2, -0.15) is 0 Å². The first-order valence-corrected chi connectivity index (χ1v) is 10.6. The minimum Gasteiger partial charge on any atom is -0.444 e. The van der Waals surface area contributed by atoms with Crippen LogP contribution in [-0.2, 0) is 14.3 Å². The molecule has 1 atom stereocenters. The van der Waals surface area contributed by atoms with E-state index in [2.05, 4.69) is 5.32 Å². The van der Waals surface area contributed by atoms with Crippen LogP contribution in [0.1, 0.15) is 54.3 Å². The summed E-state index contributed by atoms with van der Waals surface area (Å²) in [4.78, 5) is 66.3. The number of hydrogen-bond acceptors (Lipinski definition) is 7. The van der Waals surface area contributed by atoms with Gasteiger partial charge in [0.15, 0.2) is 0 Å². The number of amides is 5. The molecule has 2 saturated heterocycles. The zero-order valence-electron chi connectivity index (χ0n) is 18.3. The van der Waals surface area contributed by atoms with Gasteiger partial charge in [0.1, 0.15) is 11.6 Å². The first-order chi connectivity index (χ1) is 15.0. The molecule has 0 aliphatic carbocycles. The molecule has 1 aromatic rings. The van der Waals surface area contributed by atoms with Gasteiger partial charge in [0.05, 0.1) is 11.1 Å². The van der Waals surface area contributed by atoms with E-state index in [4.69, 9.17) is 4.74 Å². The van der Waals surface area contributed by atoms with Crippen molar-refractivity contribution in [2.45, 2.75) is 45.3 Å². The molecule has 4 rings (SSSR count). The number of nitrogens with zero attached hydrogens (tertiary/aromatic N) is 3. The van der Waals surface area contributed by atoms with E-state index in [0.717, 1.165) is 10.6 Å². The third-order valence-electron chi connectivity index (χ3n) is 5.72. The molecule has 0 aromatic heterocycles. The van der Waals surface area contributed by atoms with E-state index < -0.39 is 35.3 Å². The maximum atomic E-state index is 13.0. The van der Waals surface area contributed by atoms with Crippen molar-refractivity contribution >= 4 is 35.4 Å². The number of piperazine rings is 1. The van der Waals surface area contributed by atoms with Gasteiger partial charge in [-0.15, -0.1) is 0 Å². The summed E-state index contributed by atoms with van der Waals surface area (Å²) in [5, 5.41) is 2.19. The molecule has 0 radical (unpaired) electrons. The Bertz CT molecular complexity index is 1010. The molecular formula is C22H26N4O6. The second kappa shape index (κ2) is 7.92. The smallest absolute Gasteiger partial charge is 0.410 e. The number of benzene rings is 1. The van der Waals surface area contributed by atoms with E-state index in [-0.39, 0.29) is 30.1 Å². The molecule has 170 valence electrons. The topological polar surface area (TPSA) is 116 Å². The number of anilines is 1. The van der Waals surface area contributed by atoms with E-state index in [1.807, 2.05) is 25.7 Å². The fourth-order valence-electron chi connectivity index (χ4n) is 4.13. The molecular weight excluding hydrogens is 416 g/mol. The lowest BCUT2D eigenvalue weighted by Crippen LogP contribution is -2.54. The van der Waals surface area contributed by atoms with Crippen molar-refractivity contribution in [3.8, 4) is 0 Å². The number of fused-ring (bicyclic) bond motifs is 1. The van der Waals surface area contributed by atoms with Crippen LogP contribution in [-0.4, -0.2) is 77.3 Å². The highest BCUT2D eigenvalue weighted by atomic mass is 16.6. The Labute approximate surface area is 185 Å². The van der Waals surface area contributed by atoms with E-state index in [0.29, 0.717) is 26.2 Å². The van der Waals surface area contributed by atoms with Gasteiger partial charge >= 0.3 is 6.09 Å². The number of hydrogen-bond donors (Lipinski definition) is 1. The molecule has 3 aliphatic rings. The van der Waals surface area contributed by atoms with Crippen LogP contribution >= 0.6 is 0 Å². The predicted molar refractivity (Wildman–Crippen MR) is 113 cm³/mol. The molecule has 1 aromatic carbocycles. The molecule has 0 saturated carbocycles. The monoisotopic (exact) mass is 442 g/mol. The normalized spacial score (nSPS) is 21.6. The number of nitrogens with one attached hydrogen (secondary N) is 1. The molecule has 5 amide bonds. The first-order valence-electron chi connectivity index (χ1n) is 10.6. The van der Waals surface area contributed by atoms with Gasteiger partial charge < -0.3 is 14.5 Å². The predicted octanol–water partition coefficient (Wildman–Crippen LogP) is 1.14. The molecule has 3 aliphatic heterocycles. The van der Waals surface area contributed by atoms with Crippen LogP contribution in [0.5, 0.6) is 0 Å². The van der Waals surface area contributed by atoms with Crippen LogP contribution in [0.4, 0.5) is 10.5 Å². The van der Waals surface area contributed by atoms with Crippen molar-refractivity contribution in [3.05, 3.63) is 29.3 Å². The lowest BCUT2D eigenvalue weighted by atomic mass is 10.0. The molecule has 1 N–H and O–H groups in total. The van der Waals surface area contributed by atoms with Crippen molar-refractivity contribution in [3.63, 3.8) is 0 Å². The van der Waals surface area contributed by atoms with E-state index in [9.17, 15) is 24.0 Å². The van der Waals surface area contributed by atoms with E-state index >= 15 is 0 Å². The average molecular weight is 442 g/mol. The summed E-state index contributed by atoms with van der Waals surface area (Å²) in [5.41, 5.74) is 0.691. The van der Waals surface area contributed by atoms with Crippen LogP contribution in [0.2, 0.25) is 0 Å². The van der Waals surface area contributed by atoms with Crippen molar-refractivity contribution in [1.82, 2.24) is 15.1 Å². The molecule has 0 unspecified atom stereocenters. The Balaban J connectivity index is 1.46. The van der Waals surface area contributed by atoms with Crippen LogP contribution in [0.3, 0.4) is 0 Å². The summed E-state index contributed by atoms with van der Waals surface area (Å²) in [6.45, 7) is 7.52. The number of carbonyl (C=O) groups is 5. The Morgan fingerprint density at radius 3 is 2.28 bits per heavy atom. The van der Waals surface area contributed by atoms with Crippen LogP contribution in [0.15, 0.2) is 18.2 Å². The van der Waals surface area contributed by atoms with Crippen LogP contribution < -0.4 is 10.2 Å². The van der Waals surface area contributed by atoms with Crippen molar-refractivity contribution < 1.29 is 28.7 Å². The van der Waals surface area contributed by atoms with Crippen molar-refractivity contribution in [2.75, 3.05) is 31.1 Å². The maximum absolute atomic E-state index is 13.0. The van der Waals surface area contributed by atoms with Gasteiger partial charge in [-0.05, 0) is 45.4 Å². The van der Waals surface area contributed by atoms with Gasteiger partial charge in [0.2, 0.25) is 11.8 Å². The highest BCUT2D eigenvalue weighted by molar-refractivity contribution is 6.23. The van der Waals surface area contributed by atoms with Gasteiger partial charge in [-0.3, -0.25) is 29.4 Å². The zero-order chi connectivity index (χ0) is 23.2. The van der Waals surface area contributed by atoms with Gasteiger partial charge in [-0.25, -0.2) is 4.79 Å². The second-order valence-electron chi connectivity index (χ2n) is 9.13. The quantitative estimate of drug-likeness (QED) is 0.683. The molecule has 32 heavy (non-hydrogen) atoms. The fraction of sp³-hybridized carbons (Fsp3) is 0.500. The Morgan fingerprint density at radius 2 is 1.66 bits per heavy atom. The Kier molecular flexibility index (Phi) is 5.39. The molecule has 0 spiro atoms. The highest BCUT2D eigenvalue weighted by Gasteiger charge is 2.44. The first kappa shape index (κ1) is 21.8. The standard InChI is InChI=1S/C22H26N4O6/c1-22(2,3)32-21(31)25-10-8-24(9-11-25)13-4-5-14-15(12-13)20(30)26(19(14)29)16-6-7-17(27)23-18(16)28/h4-5,12,16H,6-11H2,1-3H3,(H,23,27,28)/t16-/m0/s1. The summed E-state index contributed by atoms with van der Waals surface area (Å²) in [6, 6.07) is 4.03. The largest absolute Gasteiger partial charge is 0.444 e. The Morgan fingerprint density at radius 1 is 1.00 bits per heavy atom. The van der Waals surface area contributed by atoms with E-state index in [1.54, 1.807) is 23.1 Å². The maximum Gasteiger partial charge on any atom is 0.410 e. The summed E-state index contributed by atoms with van der Waals surface area (Å²) in [7, 11) is 0. The summed E-state index contributed by atoms with van der Waals surface area (Å²) < 4.78 is 5.42. The number of ether oxygens (including phenoxy) is 1. The van der Waals surface area contributed by atoms with Crippen molar-refractivity contribution in [1.29, 1.82) is 0 Å². The minimum atomic E-state index is -0.985. The number of carbonyl (C=O) groups excluding carboxylic acids is 5. The Hall–Kier alpha value is -3.43. The van der Waals surface area contributed by atoms with Crippen LogP contribution in [0.25, 0.3) is 0 Å². The summed E-state index contributed by atoms with van der Waals surface area (Å²) in [5.74, 6) is -2.10. The molecule has 3 heterocycles. The van der Waals surface area contributed by atoms with Crippen LogP contribution in [0, 0.1) is 0 Å². The second-order valence-corrected chi connectivity index (χ2v) is 9.13. The minimum absolute atomic E-state index is 0.0803. The number of rotatable bonds is 2. The van der Waals surface area contributed by atoms with Gasteiger partial charge in [0.25, 0.3) is 11.8 Å². The molecule has 2 fully saturated rings. The highest BCUT2D eigenvalue weighted by Crippen LogP contribution is 2.31. The lowest BCUT2D eigenvalue weighted by molar-refractivity contribution is -0.136. The van der Waals surface area contributed by atoms with Gasteiger partial charge in [-0.1, -0.05) is 0 Å². The third kappa shape index (κ3) is 4.04. The number of imide groups is 2. The summed E-state index contributed by atoms with van der Waals surface area (Å²) in [6.07, 6.45) is -0.154. The molecule has 0 bridgehead atoms. The fourth-order valence-corrected chi connectivity index (χ4v) is 4.13. The zero-order valence-corrected chi connectivity index (χ0v) is 18.3. The lowest BCUT2D eigenvalue weighted by Gasteiger charge is -2.36. The molecule has 10 nitrogen and oxygen atoms in total. The van der Waals surface area contributed by atoms with E-state index in [1.165, 1.54) is 0 Å². The molecule has 10 heteroatoms. The SMILES string of the molecule is CC(C)(C)OC(=O)N1CCN(c2ccc3c(c2)C(=O)N([C@H]2CCC(=O)NC2=O)C3=O)CC1.